The number of benzene rings is 1. The van der Waals surface area contributed by atoms with Crippen LogP contribution < -0.4 is 16.0 Å². The number of hydrogen-bond donors (Lipinski definition) is 3. The van der Waals surface area contributed by atoms with Gasteiger partial charge in [0.1, 0.15) is 5.82 Å². The van der Waals surface area contributed by atoms with Crippen LogP contribution in [0.2, 0.25) is 0 Å². The number of nitrogens with one attached hydrogen (secondary N) is 3. The number of hydrogen-bond acceptors (Lipinski definition) is 3. The van der Waals surface area contributed by atoms with Crippen molar-refractivity contribution in [3.63, 3.8) is 0 Å². The third kappa shape index (κ3) is 4.61. The van der Waals surface area contributed by atoms with Crippen LogP contribution in [0.25, 0.3) is 0 Å². The lowest BCUT2D eigenvalue weighted by molar-refractivity contribution is -0.114. The molecule has 2 rings (SSSR count). The quantitative estimate of drug-likeness (QED) is 0.810. The maximum atomic E-state index is 11.9. The summed E-state index contributed by atoms with van der Waals surface area (Å²) in [6.07, 6.45) is 1.67. The van der Waals surface area contributed by atoms with E-state index < -0.39 is 6.03 Å². The minimum absolute atomic E-state index is 0.166. The fraction of sp³-hybridized carbons (Fsp3) is 0.133. The zero-order valence-electron chi connectivity index (χ0n) is 11.8. The van der Waals surface area contributed by atoms with E-state index in [1.54, 1.807) is 36.5 Å². The molecule has 0 fully saturated rings. The Kier molecular flexibility index (Phi) is 4.50. The SMILES string of the molecule is CC(=O)Nc1cccc(NC(=O)Nc2ccc(C)cn2)c1. The number of carbonyl (C=O) groups is 2. The fourth-order valence-corrected chi connectivity index (χ4v) is 1.70. The van der Waals surface area contributed by atoms with Gasteiger partial charge in [-0.3, -0.25) is 10.1 Å². The Bertz CT molecular complexity index is 653. The smallest absolute Gasteiger partial charge is 0.324 e. The molecule has 0 unspecified atom stereocenters. The van der Waals surface area contributed by atoms with Crippen molar-refractivity contribution < 1.29 is 9.59 Å². The summed E-state index contributed by atoms with van der Waals surface area (Å²) in [6, 6.07) is 10.1. The Balaban J connectivity index is 1.99. The maximum absolute atomic E-state index is 11.9. The molecule has 0 aliphatic heterocycles. The topological polar surface area (TPSA) is 83.1 Å². The summed E-state index contributed by atoms with van der Waals surface area (Å²) >= 11 is 0. The van der Waals surface area contributed by atoms with E-state index in [4.69, 9.17) is 0 Å². The summed E-state index contributed by atoms with van der Waals surface area (Å²) in [7, 11) is 0. The highest BCUT2D eigenvalue weighted by Crippen LogP contribution is 2.15. The molecule has 0 aliphatic rings. The van der Waals surface area contributed by atoms with E-state index in [9.17, 15) is 9.59 Å². The van der Waals surface area contributed by atoms with Crippen LogP contribution in [-0.4, -0.2) is 16.9 Å². The van der Waals surface area contributed by atoms with Crippen LogP contribution >= 0.6 is 0 Å². The third-order valence-electron chi connectivity index (χ3n) is 2.59. The van der Waals surface area contributed by atoms with Crippen molar-refractivity contribution >= 4 is 29.1 Å². The van der Waals surface area contributed by atoms with Crippen molar-refractivity contribution in [1.82, 2.24) is 4.98 Å². The van der Waals surface area contributed by atoms with E-state index in [0.29, 0.717) is 17.2 Å². The average Bonchev–Trinajstić information content (AvgIpc) is 2.41. The summed E-state index contributed by atoms with van der Waals surface area (Å²) in [5.74, 6) is 0.302. The number of rotatable bonds is 3. The van der Waals surface area contributed by atoms with E-state index in [-0.39, 0.29) is 5.91 Å². The van der Waals surface area contributed by atoms with Crippen LogP contribution in [0.5, 0.6) is 0 Å². The molecule has 0 saturated heterocycles. The number of amides is 3. The third-order valence-corrected chi connectivity index (χ3v) is 2.59. The molecule has 3 N–H and O–H groups in total. The highest BCUT2D eigenvalue weighted by Gasteiger charge is 2.04. The van der Waals surface area contributed by atoms with Crippen molar-refractivity contribution in [3.8, 4) is 0 Å². The number of nitrogens with zero attached hydrogens (tertiary/aromatic N) is 1. The first kappa shape index (κ1) is 14.5. The first-order valence-corrected chi connectivity index (χ1v) is 6.41. The van der Waals surface area contributed by atoms with Crippen molar-refractivity contribution in [3.05, 3.63) is 48.2 Å². The second-order valence-electron chi connectivity index (χ2n) is 4.56. The molecule has 108 valence electrons. The molecular weight excluding hydrogens is 268 g/mol. The van der Waals surface area contributed by atoms with Crippen LogP contribution in [0.3, 0.4) is 0 Å². The van der Waals surface area contributed by atoms with Gasteiger partial charge >= 0.3 is 6.03 Å². The van der Waals surface area contributed by atoms with Crippen molar-refractivity contribution in [2.45, 2.75) is 13.8 Å². The van der Waals surface area contributed by atoms with Gasteiger partial charge in [0.25, 0.3) is 0 Å². The van der Waals surface area contributed by atoms with Crippen LogP contribution in [0.4, 0.5) is 22.0 Å². The first-order chi connectivity index (χ1) is 10.0. The van der Waals surface area contributed by atoms with E-state index >= 15 is 0 Å². The molecule has 2 aromatic rings. The minimum Gasteiger partial charge on any atom is -0.326 e. The first-order valence-electron chi connectivity index (χ1n) is 6.41. The molecule has 0 radical (unpaired) electrons. The van der Waals surface area contributed by atoms with E-state index in [1.165, 1.54) is 6.92 Å². The summed E-state index contributed by atoms with van der Waals surface area (Å²) in [5.41, 5.74) is 2.21. The number of aryl methyl sites for hydroxylation is 1. The number of pyridine rings is 1. The highest BCUT2D eigenvalue weighted by molar-refractivity contribution is 5.99. The fourth-order valence-electron chi connectivity index (χ4n) is 1.70. The minimum atomic E-state index is -0.397. The van der Waals surface area contributed by atoms with Gasteiger partial charge in [-0.15, -0.1) is 0 Å². The lowest BCUT2D eigenvalue weighted by Crippen LogP contribution is -2.20. The second-order valence-corrected chi connectivity index (χ2v) is 4.56. The van der Waals surface area contributed by atoms with Gasteiger partial charge in [0.2, 0.25) is 5.91 Å². The molecule has 1 heterocycles. The molecule has 0 bridgehead atoms. The molecule has 6 heteroatoms. The van der Waals surface area contributed by atoms with Crippen molar-refractivity contribution in [2.75, 3.05) is 16.0 Å². The van der Waals surface area contributed by atoms with Gasteiger partial charge < -0.3 is 10.6 Å². The van der Waals surface area contributed by atoms with Crippen LogP contribution in [0.1, 0.15) is 12.5 Å². The maximum Gasteiger partial charge on any atom is 0.324 e. The lowest BCUT2D eigenvalue weighted by atomic mass is 10.2. The summed E-state index contributed by atoms with van der Waals surface area (Å²) in [6.45, 7) is 3.35. The molecule has 0 saturated carbocycles. The Morgan fingerprint density at radius 2 is 1.71 bits per heavy atom. The molecular formula is C15H16N4O2. The van der Waals surface area contributed by atoms with Crippen molar-refractivity contribution in [2.24, 2.45) is 0 Å². The van der Waals surface area contributed by atoms with Crippen LogP contribution in [0, 0.1) is 6.92 Å². The zero-order valence-corrected chi connectivity index (χ0v) is 11.8. The normalized spacial score (nSPS) is 9.81. The Morgan fingerprint density at radius 1 is 1.00 bits per heavy atom. The summed E-state index contributed by atoms with van der Waals surface area (Å²) in [4.78, 5) is 26.9. The largest absolute Gasteiger partial charge is 0.326 e. The van der Waals surface area contributed by atoms with Gasteiger partial charge in [-0.1, -0.05) is 12.1 Å². The number of aromatic nitrogens is 1. The zero-order chi connectivity index (χ0) is 15.2. The van der Waals surface area contributed by atoms with Crippen LogP contribution in [-0.2, 0) is 4.79 Å². The van der Waals surface area contributed by atoms with E-state index in [1.807, 2.05) is 13.0 Å². The Morgan fingerprint density at radius 3 is 2.33 bits per heavy atom. The molecule has 1 aromatic heterocycles. The Labute approximate surface area is 122 Å². The van der Waals surface area contributed by atoms with Gasteiger partial charge in [0.15, 0.2) is 0 Å². The molecule has 6 nitrogen and oxygen atoms in total. The molecule has 3 amide bonds. The predicted molar refractivity (Wildman–Crippen MR) is 82.4 cm³/mol. The number of carbonyl (C=O) groups excluding carboxylic acids is 2. The van der Waals surface area contributed by atoms with Crippen LogP contribution in [0.15, 0.2) is 42.6 Å². The average molecular weight is 284 g/mol. The highest BCUT2D eigenvalue weighted by atomic mass is 16.2. The van der Waals surface area contributed by atoms with E-state index in [0.717, 1.165) is 5.56 Å². The number of urea groups is 1. The molecule has 21 heavy (non-hydrogen) atoms. The predicted octanol–water partition coefficient (Wildman–Crippen LogP) is 2.99. The molecule has 1 aromatic carbocycles. The monoisotopic (exact) mass is 284 g/mol. The molecule has 0 aliphatic carbocycles. The van der Waals surface area contributed by atoms with Gasteiger partial charge in [-0.2, -0.15) is 0 Å². The Hall–Kier alpha value is -2.89. The molecule has 0 atom stereocenters. The summed E-state index contributed by atoms with van der Waals surface area (Å²) < 4.78 is 0. The van der Waals surface area contributed by atoms with Gasteiger partial charge in [0.05, 0.1) is 0 Å². The van der Waals surface area contributed by atoms with E-state index in [2.05, 4.69) is 20.9 Å². The number of anilines is 3. The van der Waals surface area contributed by atoms with Gasteiger partial charge in [-0.25, -0.2) is 9.78 Å². The lowest BCUT2D eigenvalue weighted by Gasteiger charge is -2.09. The molecule has 0 spiro atoms. The van der Waals surface area contributed by atoms with Gasteiger partial charge in [0, 0.05) is 24.5 Å². The standard InChI is InChI=1S/C15H16N4O2/c1-10-6-7-14(16-9-10)19-15(21)18-13-5-3-4-12(8-13)17-11(2)20/h3-9H,1-2H3,(H,17,20)(H2,16,18,19,21). The van der Waals surface area contributed by atoms with Crippen molar-refractivity contribution in [1.29, 1.82) is 0 Å². The second kappa shape index (κ2) is 6.51. The van der Waals surface area contributed by atoms with Gasteiger partial charge in [-0.05, 0) is 36.8 Å². The summed E-state index contributed by atoms with van der Waals surface area (Å²) in [5, 5.41) is 7.96.